The minimum absolute atomic E-state index is 0.796. The van der Waals surface area contributed by atoms with Gasteiger partial charge in [0.25, 0.3) is 0 Å². The number of rotatable bonds is 2. The summed E-state index contributed by atoms with van der Waals surface area (Å²) in [6.07, 6.45) is 1.09. The zero-order chi connectivity index (χ0) is 14.2. The maximum atomic E-state index is 5.23. The van der Waals surface area contributed by atoms with Crippen LogP contribution in [0, 0.1) is 0 Å². The Balaban J connectivity index is 1.82. The lowest BCUT2D eigenvalue weighted by Gasteiger charge is -2.17. The van der Waals surface area contributed by atoms with Crippen molar-refractivity contribution in [2.45, 2.75) is 13.0 Å². The van der Waals surface area contributed by atoms with Crippen LogP contribution in [-0.2, 0) is 13.0 Å². The third-order valence-electron chi connectivity index (χ3n) is 3.97. The van der Waals surface area contributed by atoms with Gasteiger partial charge >= 0.3 is 0 Å². The minimum atomic E-state index is 0.796. The van der Waals surface area contributed by atoms with Crippen molar-refractivity contribution in [3.63, 3.8) is 0 Å². The maximum Gasteiger partial charge on any atom is 0.121 e. The summed E-state index contributed by atoms with van der Waals surface area (Å²) in [7, 11) is 1.65. The summed E-state index contributed by atoms with van der Waals surface area (Å²) in [5, 5.41) is 11.9. The Labute approximate surface area is 122 Å². The van der Waals surface area contributed by atoms with Crippen LogP contribution >= 0.6 is 0 Å². The Morgan fingerprint density at radius 3 is 3.00 bits per heavy atom. The molecule has 0 amide bonds. The molecule has 1 aliphatic rings. The van der Waals surface area contributed by atoms with E-state index < -0.39 is 0 Å². The molecule has 2 heterocycles. The monoisotopic (exact) mass is 280 g/mol. The molecule has 0 saturated heterocycles. The fourth-order valence-electron chi connectivity index (χ4n) is 2.82. The molecular weight excluding hydrogens is 264 g/mol. The standard InChI is InChI=1S/C16H16N4O/c1-21-14-4-5-16-15(9-14)18-19-20(16)13-3-2-11-6-7-17-10-12(11)8-13/h2-5,8-9,17H,6-7,10H2,1H3. The van der Waals surface area contributed by atoms with Crippen molar-refractivity contribution >= 4 is 11.0 Å². The predicted octanol–water partition coefficient (Wildman–Crippen LogP) is 2.07. The molecule has 0 saturated carbocycles. The number of hydrogen-bond donors (Lipinski definition) is 1. The zero-order valence-corrected chi connectivity index (χ0v) is 11.8. The van der Waals surface area contributed by atoms with Crippen molar-refractivity contribution in [1.29, 1.82) is 0 Å². The van der Waals surface area contributed by atoms with Crippen molar-refractivity contribution in [2.24, 2.45) is 0 Å². The van der Waals surface area contributed by atoms with Gasteiger partial charge in [0, 0.05) is 12.6 Å². The first-order valence-electron chi connectivity index (χ1n) is 7.07. The number of benzene rings is 2. The van der Waals surface area contributed by atoms with Crippen LogP contribution in [0.3, 0.4) is 0 Å². The number of methoxy groups -OCH3 is 1. The minimum Gasteiger partial charge on any atom is -0.497 e. The molecule has 0 radical (unpaired) electrons. The molecule has 0 bridgehead atoms. The normalized spacial score (nSPS) is 14.1. The summed E-state index contributed by atoms with van der Waals surface area (Å²) >= 11 is 0. The first-order chi connectivity index (χ1) is 10.3. The molecule has 0 unspecified atom stereocenters. The van der Waals surface area contributed by atoms with Crippen molar-refractivity contribution in [2.75, 3.05) is 13.7 Å². The van der Waals surface area contributed by atoms with Gasteiger partial charge in [0.1, 0.15) is 11.3 Å². The van der Waals surface area contributed by atoms with Gasteiger partial charge in [0.05, 0.1) is 18.3 Å². The smallest absolute Gasteiger partial charge is 0.121 e. The van der Waals surface area contributed by atoms with Crippen molar-refractivity contribution in [1.82, 2.24) is 20.3 Å². The SMILES string of the molecule is COc1ccc2c(c1)nnn2-c1ccc2c(c1)CNCC2. The van der Waals surface area contributed by atoms with E-state index in [0.717, 1.165) is 42.0 Å². The van der Waals surface area contributed by atoms with E-state index in [0.29, 0.717) is 0 Å². The molecule has 1 N–H and O–H groups in total. The summed E-state index contributed by atoms with van der Waals surface area (Å²) in [4.78, 5) is 0. The summed E-state index contributed by atoms with van der Waals surface area (Å²) in [6.45, 7) is 1.97. The summed E-state index contributed by atoms with van der Waals surface area (Å²) in [5.74, 6) is 0.796. The van der Waals surface area contributed by atoms with Gasteiger partial charge < -0.3 is 10.1 Å². The largest absolute Gasteiger partial charge is 0.497 e. The van der Waals surface area contributed by atoms with Crippen molar-refractivity contribution < 1.29 is 4.74 Å². The molecule has 106 valence electrons. The first kappa shape index (κ1) is 12.3. The average molecular weight is 280 g/mol. The number of fused-ring (bicyclic) bond motifs is 2. The van der Waals surface area contributed by atoms with E-state index in [4.69, 9.17) is 4.74 Å². The number of nitrogens with zero attached hydrogens (tertiary/aromatic N) is 3. The van der Waals surface area contributed by atoms with E-state index in [2.05, 4.69) is 33.8 Å². The van der Waals surface area contributed by atoms with Gasteiger partial charge in [0.2, 0.25) is 0 Å². The number of aromatic nitrogens is 3. The maximum absolute atomic E-state index is 5.23. The number of ether oxygens (including phenoxy) is 1. The van der Waals surface area contributed by atoms with Crippen LogP contribution in [0.2, 0.25) is 0 Å². The third-order valence-corrected chi connectivity index (χ3v) is 3.97. The lowest BCUT2D eigenvalue weighted by Crippen LogP contribution is -2.23. The highest BCUT2D eigenvalue weighted by Gasteiger charge is 2.12. The fourth-order valence-corrected chi connectivity index (χ4v) is 2.82. The Bertz CT molecular complexity index is 809. The van der Waals surface area contributed by atoms with Gasteiger partial charge in [0.15, 0.2) is 0 Å². The van der Waals surface area contributed by atoms with Gasteiger partial charge in [-0.3, -0.25) is 0 Å². The van der Waals surface area contributed by atoms with Crippen LogP contribution in [0.15, 0.2) is 36.4 Å². The third kappa shape index (κ3) is 2.06. The van der Waals surface area contributed by atoms with E-state index in [1.165, 1.54) is 11.1 Å². The van der Waals surface area contributed by atoms with E-state index in [1.807, 2.05) is 22.9 Å². The summed E-state index contributed by atoms with van der Waals surface area (Å²) < 4.78 is 7.10. The second-order valence-corrected chi connectivity index (χ2v) is 5.24. The number of hydrogen-bond acceptors (Lipinski definition) is 4. The van der Waals surface area contributed by atoms with Gasteiger partial charge in [-0.1, -0.05) is 11.3 Å². The number of nitrogens with one attached hydrogen (secondary N) is 1. The molecule has 0 atom stereocenters. The van der Waals surface area contributed by atoms with Gasteiger partial charge in [-0.25, -0.2) is 4.68 Å². The molecule has 0 spiro atoms. The first-order valence-corrected chi connectivity index (χ1v) is 7.07. The van der Waals surface area contributed by atoms with E-state index >= 15 is 0 Å². The van der Waals surface area contributed by atoms with Crippen LogP contribution in [0.5, 0.6) is 5.75 Å². The molecule has 4 rings (SSSR count). The lowest BCUT2D eigenvalue weighted by atomic mass is 10.0. The fraction of sp³-hybridized carbons (Fsp3) is 0.250. The van der Waals surface area contributed by atoms with E-state index in [1.54, 1.807) is 7.11 Å². The molecule has 3 aromatic rings. The quantitative estimate of drug-likeness (QED) is 0.781. The highest BCUT2D eigenvalue weighted by molar-refractivity contribution is 5.77. The second-order valence-electron chi connectivity index (χ2n) is 5.24. The Kier molecular flexibility index (Phi) is 2.86. The molecule has 1 aliphatic heterocycles. The van der Waals surface area contributed by atoms with Crippen LogP contribution < -0.4 is 10.1 Å². The van der Waals surface area contributed by atoms with Crippen molar-refractivity contribution in [3.05, 3.63) is 47.5 Å². The highest BCUT2D eigenvalue weighted by Crippen LogP contribution is 2.23. The predicted molar refractivity (Wildman–Crippen MR) is 80.8 cm³/mol. The molecule has 5 heteroatoms. The molecule has 0 aliphatic carbocycles. The van der Waals surface area contributed by atoms with Crippen LogP contribution in [0.4, 0.5) is 0 Å². The second kappa shape index (κ2) is 4.86. The van der Waals surface area contributed by atoms with Crippen LogP contribution in [0.1, 0.15) is 11.1 Å². The van der Waals surface area contributed by atoms with Gasteiger partial charge in [-0.2, -0.15) is 0 Å². The van der Waals surface area contributed by atoms with E-state index in [-0.39, 0.29) is 0 Å². The molecular formula is C16H16N4O. The van der Waals surface area contributed by atoms with Crippen molar-refractivity contribution in [3.8, 4) is 11.4 Å². The molecule has 0 fully saturated rings. The Morgan fingerprint density at radius 2 is 2.10 bits per heavy atom. The van der Waals surface area contributed by atoms with E-state index in [9.17, 15) is 0 Å². The zero-order valence-electron chi connectivity index (χ0n) is 11.8. The van der Waals surface area contributed by atoms with Gasteiger partial charge in [-0.15, -0.1) is 5.10 Å². The highest BCUT2D eigenvalue weighted by atomic mass is 16.5. The Morgan fingerprint density at radius 1 is 1.14 bits per heavy atom. The Hall–Kier alpha value is -2.40. The topological polar surface area (TPSA) is 52.0 Å². The molecule has 2 aromatic carbocycles. The lowest BCUT2D eigenvalue weighted by molar-refractivity contribution is 0.415. The summed E-state index contributed by atoms with van der Waals surface area (Å²) in [6, 6.07) is 12.3. The average Bonchev–Trinajstić information content (AvgIpc) is 2.97. The summed E-state index contributed by atoms with van der Waals surface area (Å²) in [5.41, 5.74) is 5.63. The van der Waals surface area contributed by atoms with Crippen LogP contribution in [-0.4, -0.2) is 28.6 Å². The molecule has 5 nitrogen and oxygen atoms in total. The molecule has 21 heavy (non-hydrogen) atoms. The van der Waals surface area contributed by atoms with Gasteiger partial charge in [-0.05, 0) is 48.4 Å². The van der Waals surface area contributed by atoms with Crippen LogP contribution in [0.25, 0.3) is 16.7 Å². The molecule has 1 aromatic heterocycles.